The molecule has 3 heteroatoms. The first kappa shape index (κ1) is 13.9. The van der Waals surface area contributed by atoms with Crippen LogP contribution in [0.4, 0.5) is 0 Å². The SMILES string of the molecule is CCCCN(CC1CO1)C(=O)C1CCCCC1C. The fraction of sp³-hybridized carbons (Fsp3) is 0.933. The molecule has 1 heterocycles. The van der Waals surface area contributed by atoms with Crippen LogP contribution in [0.15, 0.2) is 0 Å². The number of ether oxygens (including phenoxy) is 1. The van der Waals surface area contributed by atoms with E-state index in [9.17, 15) is 4.79 Å². The van der Waals surface area contributed by atoms with Crippen LogP contribution in [0.3, 0.4) is 0 Å². The standard InChI is InChI=1S/C15H27NO2/c1-3-4-9-16(10-13-11-18-13)15(17)14-8-6-5-7-12(14)2/h12-14H,3-11H2,1-2H3. The lowest BCUT2D eigenvalue weighted by Gasteiger charge is -2.33. The molecule has 0 radical (unpaired) electrons. The van der Waals surface area contributed by atoms with Crippen LogP contribution in [-0.2, 0) is 9.53 Å². The third-order valence-electron chi connectivity index (χ3n) is 4.35. The fourth-order valence-electron chi connectivity index (χ4n) is 2.98. The van der Waals surface area contributed by atoms with E-state index >= 15 is 0 Å². The summed E-state index contributed by atoms with van der Waals surface area (Å²) in [4.78, 5) is 14.7. The maximum absolute atomic E-state index is 12.6. The number of carbonyl (C=O) groups excluding carboxylic acids is 1. The maximum Gasteiger partial charge on any atom is 0.226 e. The third kappa shape index (κ3) is 3.71. The second-order valence-corrected chi connectivity index (χ2v) is 5.96. The van der Waals surface area contributed by atoms with Crippen molar-refractivity contribution in [2.45, 2.75) is 58.5 Å². The monoisotopic (exact) mass is 253 g/mol. The average Bonchev–Trinajstić information content (AvgIpc) is 3.18. The summed E-state index contributed by atoms with van der Waals surface area (Å²) in [5, 5.41) is 0. The summed E-state index contributed by atoms with van der Waals surface area (Å²) in [6.45, 7) is 7.00. The number of unbranched alkanes of at least 4 members (excludes halogenated alkanes) is 1. The minimum atomic E-state index is 0.273. The summed E-state index contributed by atoms with van der Waals surface area (Å²) in [5.41, 5.74) is 0. The van der Waals surface area contributed by atoms with E-state index in [0.717, 1.165) is 39.0 Å². The average molecular weight is 253 g/mol. The van der Waals surface area contributed by atoms with E-state index in [1.807, 2.05) is 0 Å². The lowest BCUT2D eigenvalue weighted by atomic mass is 9.79. The number of hydrogen-bond donors (Lipinski definition) is 0. The second kappa shape index (κ2) is 6.55. The van der Waals surface area contributed by atoms with E-state index in [1.165, 1.54) is 19.3 Å². The van der Waals surface area contributed by atoms with Crippen LogP contribution in [0, 0.1) is 11.8 Å². The molecule has 3 atom stereocenters. The van der Waals surface area contributed by atoms with Gasteiger partial charge in [-0.15, -0.1) is 0 Å². The molecular formula is C15H27NO2. The van der Waals surface area contributed by atoms with Crippen molar-refractivity contribution < 1.29 is 9.53 Å². The van der Waals surface area contributed by atoms with Gasteiger partial charge in [0.05, 0.1) is 12.7 Å². The summed E-state index contributed by atoms with van der Waals surface area (Å²) in [6, 6.07) is 0. The third-order valence-corrected chi connectivity index (χ3v) is 4.35. The van der Waals surface area contributed by atoms with Gasteiger partial charge >= 0.3 is 0 Å². The number of nitrogens with zero attached hydrogens (tertiary/aromatic N) is 1. The first-order valence-corrected chi connectivity index (χ1v) is 7.62. The van der Waals surface area contributed by atoms with Crippen LogP contribution in [0.25, 0.3) is 0 Å². The molecule has 2 fully saturated rings. The Kier molecular flexibility index (Phi) is 5.04. The summed E-state index contributed by atoms with van der Waals surface area (Å²) in [6.07, 6.45) is 7.42. The zero-order valence-corrected chi connectivity index (χ0v) is 11.9. The van der Waals surface area contributed by atoms with Gasteiger partial charge in [-0.1, -0.05) is 33.1 Å². The smallest absolute Gasteiger partial charge is 0.226 e. The number of epoxide rings is 1. The van der Waals surface area contributed by atoms with Crippen LogP contribution >= 0.6 is 0 Å². The van der Waals surface area contributed by atoms with Crippen LogP contribution in [0.1, 0.15) is 52.4 Å². The van der Waals surface area contributed by atoms with Crippen LogP contribution in [-0.4, -0.2) is 36.6 Å². The minimum absolute atomic E-state index is 0.273. The van der Waals surface area contributed by atoms with Crippen molar-refractivity contribution in [3.05, 3.63) is 0 Å². The highest BCUT2D eigenvalue weighted by Crippen LogP contribution is 2.31. The summed E-state index contributed by atoms with van der Waals surface area (Å²) < 4.78 is 5.29. The van der Waals surface area contributed by atoms with Gasteiger partial charge in [0.1, 0.15) is 0 Å². The zero-order valence-electron chi connectivity index (χ0n) is 11.9. The van der Waals surface area contributed by atoms with Crippen LogP contribution in [0.5, 0.6) is 0 Å². The molecule has 0 bridgehead atoms. The molecule has 104 valence electrons. The molecule has 3 unspecified atom stereocenters. The summed E-state index contributed by atoms with van der Waals surface area (Å²) >= 11 is 0. The second-order valence-electron chi connectivity index (χ2n) is 5.96. The van der Waals surface area contributed by atoms with Gasteiger partial charge in [0, 0.05) is 19.0 Å². The minimum Gasteiger partial charge on any atom is -0.371 e. The molecule has 3 nitrogen and oxygen atoms in total. The molecule has 0 N–H and O–H groups in total. The Balaban J connectivity index is 1.91. The molecule has 1 saturated carbocycles. The summed E-state index contributed by atoms with van der Waals surface area (Å²) in [7, 11) is 0. The predicted octanol–water partition coefficient (Wildman–Crippen LogP) is 2.84. The Bertz CT molecular complexity index is 276. The molecule has 0 aromatic carbocycles. The first-order chi connectivity index (χ1) is 8.72. The molecule has 1 aliphatic heterocycles. The van der Waals surface area contributed by atoms with Gasteiger partial charge in [0.15, 0.2) is 0 Å². The molecule has 1 aliphatic carbocycles. The summed E-state index contributed by atoms with van der Waals surface area (Å²) in [5.74, 6) is 1.23. The normalized spacial score (nSPS) is 31.1. The van der Waals surface area contributed by atoms with Gasteiger partial charge in [-0.05, 0) is 25.2 Å². The van der Waals surface area contributed by atoms with Gasteiger partial charge < -0.3 is 9.64 Å². The molecular weight excluding hydrogens is 226 g/mol. The van der Waals surface area contributed by atoms with Gasteiger partial charge in [-0.2, -0.15) is 0 Å². The maximum atomic E-state index is 12.6. The highest BCUT2D eigenvalue weighted by molar-refractivity contribution is 5.79. The van der Waals surface area contributed by atoms with Crippen molar-refractivity contribution in [3.8, 4) is 0 Å². The highest BCUT2D eigenvalue weighted by Gasteiger charge is 2.34. The van der Waals surface area contributed by atoms with Gasteiger partial charge in [0.25, 0.3) is 0 Å². The van der Waals surface area contributed by atoms with Gasteiger partial charge in [0.2, 0.25) is 5.91 Å². The lowest BCUT2D eigenvalue weighted by Crippen LogP contribution is -2.42. The Morgan fingerprint density at radius 2 is 2.06 bits per heavy atom. The molecule has 2 rings (SSSR count). The molecule has 0 spiro atoms. The highest BCUT2D eigenvalue weighted by atomic mass is 16.6. The molecule has 18 heavy (non-hydrogen) atoms. The van der Waals surface area contributed by atoms with E-state index in [4.69, 9.17) is 4.74 Å². The van der Waals surface area contributed by atoms with E-state index in [1.54, 1.807) is 0 Å². The van der Waals surface area contributed by atoms with Crippen LogP contribution in [0.2, 0.25) is 0 Å². The molecule has 0 aromatic rings. The Morgan fingerprint density at radius 1 is 1.33 bits per heavy atom. The Hall–Kier alpha value is -0.570. The van der Waals surface area contributed by atoms with Crippen molar-refractivity contribution in [2.24, 2.45) is 11.8 Å². The van der Waals surface area contributed by atoms with E-state index in [0.29, 0.717) is 17.9 Å². The van der Waals surface area contributed by atoms with Crippen LogP contribution < -0.4 is 0 Å². The Morgan fingerprint density at radius 3 is 2.67 bits per heavy atom. The quantitative estimate of drug-likeness (QED) is 0.682. The van der Waals surface area contributed by atoms with Gasteiger partial charge in [-0.25, -0.2) is 0 Å². The van der Waals surface area contributed by atoms with Gasteiger partial charge in [-0.3, -0.25) is 4.79 Å². The first-order valence-electron chi connectivity index (χ1n) is 7.62. The largest absolute Gasteiger partial charge is 0.371 e. The van der Waals surface area contributed by atoms with Crippen molar-refractivity contribution in [2.75, 3.05) is 19.7 Å². The van der Waals surface area contributed by atoms with E-state index in [-0.39, 0.29) is 5.92 Å². The topological polar surface area (TPSA) is 32.8 Å². The van der Waals surface area contributed by atoms with E-state index in [2.05, 4.69) is 18.7 Å². The van der Waals surface area contributed by atoms with Crippen molar-refractivity contribution in [1.29, 1.82) is 0 Å². The fourth-order valence-corrected chi connectivity index (χ4v) is 2.98. The van der Waals surface area contributed by atoms with Crippen molar-refractivity contribution in [3.63, 3.8) is 0 Å². The molecule has 1 amide bonds. The number of amides is 1. The van der Waals surface area contributed by atoms with Crippen molar-refractivity contribution in [1.82, 2.24) is 4.90 Å². The molecule has 1 saturated heterocycles. The molecule has 2 aliphatic rings. The predicted molar refractivity (Wildman–Crippen MR) is 72.4 cm³/mol. The lowest BCUT2D eigenvalue weighted by molar-refractivity contribution is -0.138. The van der Waals surface area contributed by atoms with Crippen molar-refractivity contribution >= 4 is 5.91 Å². The zero-order chi connectivity index (χ0) is 13.0. The molecule has 0 aromatic heterocycles. The number of rotatable bonds is 6. The number of hydrogen-bond acceptors (Lipinski definition) is 2. The Labute approximate surface area is 111 Å². The van der Waals surface area contributed by atoms with E-state index < -0.39 is 0 Å². The number of carbonyl (C=O) groups is 1.